The van der Waals surface area contributed by atoms with Crippen molar-refractivity contribution in [3.8, 4) is 0 Å². The number of carbonyl (C=O) groups excluding carboxylic acids is 1. The van der Waals surface area contributed by atoms with E-state index in [0.717, 1.165) is 25.2 Å². The molecule has 2 aromatic heterocycles. The second-order valence-corrected chi connectivity index (χ2v) is 8.61. The minimum Gasteiger partial charge on any atom is -0.366 e. The summed E-state index contributed by atoms with van der Waals surface area (Å²) in [6.07, 6.45) is 1.32. The molecule has 0 spiro atoms. The van der Waals surface area contributed by atoms with Crippen molar-refractivity contribution in [1.82, 2.24) is 9.97 Å². The number of hydrogen-bond donors (Lipinski definition) is 1. The van der Waals surface area contributed by atoms with Crippen molar-refractivity contribution in [2.45, 2.75) is 50.2 Å². The van der Waals surface area contributed by atoms with E-state index >= 15 is 0 Å². The summed E-state index contributed by atoms with van der Waals surface area (Å²) in [4.78, 5) is 25.9. The van der Waals surface area contributed by atoms with Gasteiger partial charge in [-0.1, -0.05) is 6.42 Å². The van der Waals surface area contributed by atoms with Crippen LogP contribution in [0.3, 0.4) is 0 Å². The number of alkyl halides is 3. The van der Waals surface area contributed by atoms with Crippen LogP contribution in [0.4, 0.5) is 35.2 Å². The Morgan fingerprint density at radius 1 is 1.16 bits per heavy atom. The van der Waals surface area contributed by atoms with Crippen molar-refractivity contribution in [2.24, 2.45) is 5.92 Å². The Bertz CT molecular complexity index is 967. The Labute approximate surface area is 178 Å². The maximum Gasteiger partial charge on any atom is 0.391 e. The monoisotopic (exact) mass is 431 g/mol. The van der Waals surface area contributed by atoms with Crippen LogP contribution in [0, 0.1) is 5.92 Å². The quantitative estimate of drug-likeness (QED) is 0.732. The van der Waals surface area contributed by atoms with Gasteiger partial charge in [0, 0.05) is 30.9 Å². The van der Waals surface area contributed by atoms with E-state index < -0.39 is 12.1 Å². The minimum absolute atomic E-state index is 0.0128. The van der Waals surface area contributed by atoms with Gasteiger partial charge in [0.2, 0.25) is 0 Å². The molecule has 1 aliphatic carbocycles. The van der Waals surface area contributed by atoms with Crippen LogP contribution in [-0.2, 0) is 0 Å². The zero-order valence-electron chi connectivity index (χ0n) is 17.0. The molecule has 0 aromatic carbocycles. The summed E-state index contributed by atoms with van der Waals surface area (Å²) >= 11 is 0. The highest BCUT2D eigenvalue weighted by molar-refractivity contribution is 6.04. The van der Waals surface area contributed by atoms with Crippen molar-refractivity contribution in [3.05, 3.63) is 42.4 Å². The number of nitrogens with zero attached hydrogens (tertiary/aromatic N) is 4. The van der Waals surface area contributed by atoms with Crippen molar-refractivity contribution in [3.63, 3.8) is 0 Å². The van der Waals surface area contributed by atoms with Crippen molar-refractivity contribution in [1.29, 1.82) is 0 Å². The van der Waals surface area contributed by atoms with Gasteiger partial charge in [-0.25, -0.2) is 9.78 Å². The summed E-state index contributed by atoms with van der Waals surface area (Å²) in [5, 5.41) is 2.88. The Balaban J connectivity index is 1.45. The molecular weight excluding hydrogens is 407 g/mol. The first-order valence-electron chi connectivity index (χ1n) is 10.7. The number of carbonyl (C=O) groups is 1. The molecule has 3 unspecified atom stereocenters. The lowest BCUT2D eigenvalue weighted by atomic mass is 9.79. The SMILES string of the molecule is O=C(Nc1cccnc1)N1c2nc(C3CCCC(C(F)(F)F)C3)ccc2N2CCC1C2. The van der Waals surface area contributed by atoms with Crippen LogP contribution < -0.4 is 15.1 Å². The molecule has 4 heterocycles. The maximum absolute atomic E-state index is 13.3. The van der Waals surface area contributed by atoms with Crippen LogP contribution in [0.1, 0.15) is 43.7 Å². The number of pyridine rings is 2. The van der Waals surface area contributed by atoms with Crippen LogP contribution >= 0.6 is 0 Å². The lowest BCUT2D eigenvalue weighted by Crippen LogP contribution is -2.48. The molecule has 1 saturated carbocycles. The van der Waals surface area contributed by atoms with Crippen LogP contribution in [0.5, 0.6) is 0 Å². The van der Waals surface area contributed by atoms with E-state index in [9.17, 15) is 18.0 Å². The number of anilines is 3. The van der Waals surface area contributed by atoms with Gasteiger partial charge in [-0.2, -0.15) is 13.2 Å². The molecule has 1 N–H and O–H groups in total. The summed E-state index contributed by atoms with van der Waals surface area (Å²) < 4.78 is 39.9. The van der Waals surface area contributed by atoms with Gasteiger partial charge in [-0.05, 0) is 49.9 Å². The van der Waals surface area contributed by atoms with Gasteiger partial charge in [0.25, 0.3) is 0 Å². The van der Waals surface area contributed by atoms with E-state index in [1.807, 2.05) is 12.1 Å². The fourth-order valence-corrected chi connectivity index (χ4v) is 5.09. The van der Waals surface area contributed by atoms with Crippen LogP contribution in [0.15, 0.2) is 36.7 Å². The third kappa shape index (κ3) is 3.81. The van der Waals surface area contributed by atoms with E-state index in [-0.39, 0.29) is 30.8 Å². The lowest BCUT2D eigenvalue weighted by molar-refractivity contribution is -0.183. The van der Waals surface area contributed by atoms with E-state index in [1.54, 1.807) is 29.4 Å². The van der Waals surface area contributed by atoms with Crippen LogP contribution in [0.25, 0.3) is 0 Å². The lowest BCUT2D eigenvalue weighted by Gasteiger charge is -2.37. The Morgan fingerprint density at radius 3 is 2.81 bits per heavy atom. The molecule has 1 saturated heterocycles. The first kappa shape index (κ1) is 20.1. The molecule has 6 nitrogen and oxygen atoms in total. The third-order valence-corrected chi connectivity index (χ3v) is 6.66. The van der Waals surface area contributed by atoms with Gasteiger partial charge in [0.05, 0.1) is 29.5 Å². The number of halogens is 3. The largest absolute Gasteiger partial charge is 0.391 e. The fourth-order valence-electron chi connectivity index (χ4n) is 5.09. The van der Waals surface area contributed by atoms with E-state index in [2.05, 4.69) is 15.2 Å². The zero-order valence-corrected chi connectivity index (χ0v) is 17.0. The molecular formula is C22H24F3N5O. The highest BCUT2D eigenvalue weighted by Gasteiger charge is 2.44. The highest BCUT2D eigenvalue weighted by atomic mass is 19.4. The number of fused-ring (bicyclic) bond motifs is 4. The van der Waals surface area contributed by atoms with Gasteiger partial charge < -0.3 is 10.2 Å². The molecule has 164 valence electrons. The first-order valence-corrected chi connectivity index (χ1v) is 10.7. The van der Waals surface area contributed by atoms with Crippen molar-refractivity contribution >= 4 is 23.2 Å². The number of aromatic nitrogens is 2. The predicted molar refractivity (Wildman–Crippen MR) is 111 cm³/mol. The average Bonchev–Trinajstić information content (AvgIpc) is 3.18. The predicted octanol–water partition coefficient (Wildman–Crippen LogP) is 4.94. The van der Waals surface area contributed by atoms with Crippen molar-refractivity contribution < 1.29 is 18.0 Å². The Morgan fingerprint density at radius 2 is 2.03 bits per heavy atom. The molecule has 0 radical (unpaired) electrons. The Kier molecular flexibility index (Phi) is 4.98. The van der Waals surface area contributed by atoms with Gasteiger partial charge >= 0.3 is 12.2 Å². The molecule has 2 aromatic rings. The number of hydrogen-bond acceptors (Lipinski definition) is 4. The molecule has 2 amide bonds. The topological polar surface area (TPSA) is 61.4 Å². The van der Waals surface area contributed by atoms with Gasteiger partial charge in [0.1, 0.15) is 0 Å². The molecule has 2 bridgehead atoms. The third-order valence-electron chi connectivity index (χ3n) is 6.66. The number of rotatable bonds is 2. The molecule has 2 aliphatic heterocycles. The normalized spacial score (nSPS) is 25.3. The van der Waals surface area contributed by atoms with E-state index in [4.69, 9.17) is 4.98 Å². The first-order chi connectivity index (χ1) is 14.9. The van der Waals surface area contributed by atoms with Crippen molar-refractivity contribution in [2.75, 3.05) is 28.2 Å². The second kappa shape index (κ2) is 7.69. The number of urea groups is 1. The van der Waals surface area contributed by atoms with Crippen LogP contribution in [0.2, 0.25) is 0 Å². The average molecular weight is 431 g/mol. The standard InChI is InChI=1S/C22H24F3N5O/c23-22(24,25)15-4-1-3-14(11-15)18-6-7-19-20(28-18)30(17-8-10-29(19)13-17)21(31)27-16-5-2-9-26-12-16/h2,5-7,9,12,14-15,17H,1,3-4,8,10-11,13H2,(H,27,31). The Hall–Kier alpha value is -2.84. The molecule has 3 atom stereocenters. The summed E-state index contributed by atoms with van der Waals surface area (Å²) in [6, 6.07) is 6.97. The smallest absolute Gasteiger partial charge is 0.366 e. The van der Waals surface area contributed by atoms with Crippen LogP contribution in [-0.4, -0.2) is 41.3 Å². The van der Waals surface area contributed by atoms with Gasteiger partial charge in [-0.15, -0.1) is 0 Å². The minimum atomic E-state index is -4.17. The number of nitrogens with one attached hydrogen (secondary N) is 1. The number of amides is 2. The molecule has 31 heavy (non-hydrogen) atoms. The second-order valence-electron chi connectivity index (χ2n) is 8.61. The van der Waals surface area contributed by atoms with E-state index in [1.165, 1.54) is 0 Å². The summed E-state index contributed by atoms with van der Waals surface area (Å²) in [5.74, 6) is -0.987. The maximum atomic E-state index is 13.3. The van der Waals surface area contributed by atoms with Gasteiger partial charge in [-0.3, -0.25) is 9.88 Å². The van der Waals surface area contributed by atoms with Gasteiger partial charge in [0.15, 0.2) is 5.82 Å². The summed E-state index contributed by atoms with van der Waals surface area (Å²) in [6.45, 7) is 1.56. The zero-order chi connectivity index (χ0) is 21.6. The summed E-state index contributed by atoms with van der Waals surface area (Å²) in [7, 11) is 0. The fraction of sp³-hybridized carbons (Fsp3) is 0.500. The molecule has 5 rings (SSSR count). The highest BCUT2D eigenvalue weighted by Crippen LogP contribution is 2.45. The summed E-state index contributed by atoms with van der Waals surface area (Å²) in [5.41, 5.74) is 2.10. The molecule has 2 fully saturated rings. The molecule has 9 heteroatoms. The van der Waals surface area contributed by atoms with E-state index in [0.29, 0.717) is 30.0 Å². The molecule has 3 aliphatic rings.